The molecule has 8 heterocycles. The summed E-state index contributed by atoms with van der Waals surface area (Å²) in [5.74, 6) is -0.861. The number of rotatable bonds is 27. The molecular weight excluding hydrogens is 1430 g/mol. The predicted molar refractivity (Wildman–Crippen MR) is 298 cm³/mol. The Bertz CT molecular complexity index is 2640. The number of amides is 1. The number of hydrogen-bond acceptors (Lipinski definition) is 43. The van der Waals surface area contributed by atoms with E-state index in [0.717, 1.165) is 6.92 Å². The summed E-state index contributed by atoms with van der Waals surface area (Å²) in [6.45, 7) is -8.19. The average Bonchev–Trinajstić information content (AvgIpc) is 0.781. The molecule has 0 bridgehead atoms. The minimum Gasteiger partial charge on any atom is -0.394 e. The Balaban J connectivity index is 1.11. The Kier molecular flexibility index (Phi) is 29.7. The SMILES string of the molecule is CC(=O)N[C@H]1C(O)O[C@H](CO)[C@@H](O[C@@H]2O[C@H](CO[C@H]3O[C@H](CO[C@H]4O[C@H](CO)[C@@H](O)[C@H](O)[C@@H]4O[C@H]4O[C@H](COP(=O)(O)O)[C@@H](O)[C@H](O)[C@@H]4O)[C@@H](O)[C@H](O[C@H]4O[C@H](CO)[C@@H](O)[C@H](O)[C@@H]4O)[C@@H]3O)[C@@H](O)[C@H](O[C@H]3O[C@H](CO)[C@@H](O)[C@H](O)[C@@H]3O[C@H]3O[C@H](COP(=O)(O)O)[C@@H](O)[C@H](O)[C@@H]3O)[C@@H]2O)[C@@H]1O. The average molecular weight is 1520 g/mol. The van der Waals surface area contributed by atoms with Crippen molar-refractivity contribution in [2.24, 2.45) is 0 Å². The van der Waals surface area contributed by atoms with E-state index in [-0.39, 0.29) is 0 Å². The molecule has 8 rings (SSSR count). The van der Waals surface area contributed by atoms with Crippen LogP contribution in [0.15, 0.2) is 0 Å². The zero-order valence-corrected chi connectivity index (χ0v) is 53.7. The van der Waals surface area contributed by atoms with Crippen molar-refractivity contribution in [3.63, 3.8) is 0 Å². The molecular formula is C50H87NO47P2. The molecule has 28 N–H and O–H groups in total. The quantitative estimate of drug-likeness (QED) is 0.0340. The summed E-state index contributed by atoms with van der Waals surface area (Å²) in [7, 11) is -10.6. The summed E-state index contributed by atoms with van der Waals surface area (Å²) in [4.78, 5) is 49.3. The van der Waals surface area contributed by atoms with Crippen LogP contribution in [0.2, 0.25) is 0 Å². The number of ether oxygens (including phenoxy) is 15. The van der Waals surface area contributed by atoms with Crippen LogP contribution in [0.4, 0.5) is 0 Å². The fraction of sp³-hybridized carbons (Fsp3) is 0.980. The van der Waals surface area contributed by atoms with Crippen LogP contribution in [0.3, 0.4) is 0 Å². The lowest BCUT2D eigenvalue weighted by atomic mass is 9.95. The Morgan fingerprint density at radius 1 is 0.310 bits per heavy atom. The number of nitrogens with one attached hydrogen (secondary N) is 1. The molecule has 584 valence electrons. The van der Waals surface area contributed by atoms with Gasteiger partial charge in [-0.3, -0.25) is 13.8 Å². The lowest BCUT2D eigenvalue weighted by Gasteiger charge is -2.50. The van der Waals surface area contributed by atoms with Crippen LogP contribution in [-0.4, -0.2) is 441 Å². The molecule has 1 amide bonds. The minimum absolute atomic E-state index is 0.861. The molecule has 8 aliphatic rings. The van der Waals surface area contributed by atoms with Crippen molar-refractivity contribution in [1.82, 2.24) is 5.32 Å². The van der Waals surface area contributed by atoms with Gasteiger partial charge in [0.1, 0.15) is 195 Å². The van der Waals surface area contributed by atoms with Gasteiger partial charge in [0.2, 0.25) is 5.91 Å². The van der Waals surface area contributed by atoms with Crippen LogP contribution in [0, 0.1) is 0 Å². The van der Waals surface area contributed by atoms with Gasteiger partial charge in [-0.05, 0) is 0 Å². The number of phosphoric acid groups is 2. The highest BCUT2D eigenvalue weighted by molar-refractivity contribution is 7.46. The van der Waals surface area contributed by atoms with Gasteiger partial charge in [0, 0.05) is 6.92 Å². The molecule has 8 aliphatic heterocycles. The molecule has 0 aromatic rings. The Labute approximate surface area is 562 Å². The van der Waals surface area contributed by atoms with Crippen LogP contribution in [0.25, 0.3) is 0 Å². The molecule has 0 spiro atoms. The van der Waals surface area contributed by atoms with Crippen molar-refractivity contribution in [2.75, 3.05) is 52.9 Å². The fourth-order valence-electron chi connectivity index (χ4n) is 11.9. The van der Waals surface area contributed by atoms with Gasteiger partial charge < -0.3 is 213 Å². The first-order chi connectivity index (χ1) is 46.8. The molecule has 40 atom stereocenters. The molecule has 50 heteroatoms. The molecule has 0 aromatic carbocycles. The normalized spacial score (nSPS) is 49.3. The number of phosphoric ester groups is 2. The molecule has 0 radical (unpaired) electrons. The zero-order valence-electron chi connectivity index (χ0n) is 51.9. The van der Waals surface area contributed by atoms with Crippen molar-refractivity contribution in [3.8, 4) is 0 Å². The van der Waals surface area contributed by atoms with E-state index >= 15 is 0 Å². The van der Waals surface area contributed by atoms with E-state index in [1.54, 1.807) is 0 Å². The van der Waals surface area contributed by atoms with Gasteiger partial charge in [0.15, 0.2) is 50.3 Å². The van der Waals surface area contributed by atoms with E-state index in [0.29, 0.717) is 0 Å². The second-order valence-electron chi connectivity index (χ2n) is 24.4. The summed E-state index contributed by atoms with van der Waals surface area (Å²) in [5, 5.41) is 255. The summed E-state index contributed by atoms with van der Waals surface area (Å²) in [6, 6.07) is -1.77. The topological polar surface area (TPSA) is 766 Å². The highest BCUT2D eigenvalue weighted by Gasteiger charge is 2.59. The second kappa shape index (κ2) is 35.5. The molecule has 0 aliphatic carbocycles. The summed E-state index contributed by atoms with van der Waals surface area (Å²) in [5.41, 5.74) is 0. The van der Waals surface area contributed by atoms with Crippen molar-refractivity contribution in [1.29, 1.82) is 0 Å². The standard InChI is InChI=1S/C50H87NO47P2/c1-10(56)51-19-27(64)38(14(5-55)86-43(19)75)94-48-37(74)40(96-50-42(32(69)22(59)13(4-54)89-50)98-47-35(72)30(67)24(61)18(93-47)9-85-100(79,80)81)26(63)16(91-48)6-82-44-36(73)39(95-45-33(70)28(65)20(57)11(2-52)87-45)25(62)15(90-44)7-83-49-41(31(68)21(58)12(3-53)88-49)97-46-34(71)29(66)23(60)17(92-46)8-84-99(76,77)78/h11-50,52-55,57-75H,2-9H2,1H3,(H,51,56)(H2,76,77,78)(H2,79,80,81)/t11-,12-,13-,14-,15-,16-,17-,18-,19-,20-,21-,22-,23-,24-,25-,26-,27-,28+,29+,30+,31+,32+,33+,34+,35+,36+,37+,38-,39+,40+,41+,42+,43?,44+,45-,46-,47-,48+,49+,50-/m1/s1. The fourth-order valence-corrected chi connectivity index (χ4v) is 12.6. The van der Waals surface area contributed by atoms with Gasteiger partial charge in [-0.25, -0.2) is 9.13 Å². The lowest BCUT2D eigenvalue weighted by Crippen LogP contribution is -2.69. The van der Waals surface area contributed by atoms with Crippen molar-refractivity contribution in [2.45, 2.75) is 253 Å². The first-order valence-electron chi connectivity index (χ1n) is 30.6. The van der Waals surface area contributed by atoms with Gasteiger partial charge in [0.25, 0.3) is 0 Å². The molecule has 8 saturated heterocycles. The maximum atomic E-state index is 12.3. The molecule has 0 saturated carbocycles. The number of aliphatic hydroxyl groups excluding tert-OH is 23. The van der Waals surface area contributed by atoms with Gasteiger partial charge >= 0.3 is 15.6 Å². The highest BCUT2D eigenvalue weighted by atomic mass is 31.2. The largest absolute Gasteiger partial charge is 0.469 e. The third-order valence-electron chi connectivity index (χ3n) is 17.5. The van der Waals surface area contributed by atoms with Crippen LogP contribution in [0.5, 0.6) is 0 Å². The summed E-state index contributed by atoms with van der Waals surface area (Å²) < 4.78 is 118. The highest BCUT2D eigenvalue weighted by Crippen LogP contribution is 2.41. The zero-order chi connectivity index (χ0) is 74.1. The number of hydrogen-bond donors (Lipinski definition) is 28. The number of carbonyl (C=O) groups is 1. The first kappa shape index (κ1) is 83.8. The maximum Gasteiger partial charge on any atom is 0.469 e. The van der Waals surface area contributed by atoms with Crippen LogP contribution in [-0.2, 0) is 94.0 Å². The Hall–Kier alpha value is -1.83. The lowest BCUT2D eigenvalue weighted by molar-refractivity contribution is -0.398. The number of carbonyl (C=O) groups excluding carboxylic acids is 1. The van der Waals surface area contributed by atoms with Crippen molar-refractivity contribution >= 4 is 21.6 Å². The molecule has 48 nitrogen and oxygen atoms in total. The second-order valence-corrected chi connectivity index (χ2v) is 26.9. The Morgan fingerprint density at radius 2 is 0.610 bits per heavy atom. The summed E-state index contributed by atoms with van der Waals surface area (Å²) >= 11 is 0. The molecule has 0 aromatic heterocycles. The van der Waals surface area contributed by atoms with Gasteiger partial charge in [-0.15, -0.1) is 0 Å². The van der Waals surface area contributed by atoms with Crippen molar-refractivity contribution < 1.29 is 231 Å². The monoisotopic (exact) mass is 1520 g/mol. The predicted octanol–water partition coefficient (Wildman–Crippen LogP) is -18.1. The third-order valence-corrected chi connectivity index (χ3v) is 18.5. The van der Waals surface area contributed by atoms with Crippen molar-refractivity contribution in [3.05, 3.63) is 0 Å². The minimum atomic E-state index is -5.32. The van der Waals surface area contributed by atoms with E-state index in [9.17, 15) is 151 Å². The first-order valence-corrected chi connectivity index (χ1v) is 33.7. The van der Waals surface area contributed by atoms with Crippen LogP contribution < -0.4 is 5.32 Å². The van der Waals surface area contributed by atoms with E-state index < -0.39 is 320 Å². The number of aliphatic hydroxyl groups is 23. The third kappa shape index (κ3) is 19.3. The van der Waals surface area contributed by atoms with Crippen LogP contribution in [0.1, 0.15) is 6.92 Å². The van der Waals surface area contributed by atoms with E-state index in [1.165, 1.54) is 0 Å². The molecule has 100 heavy (non-hydrogen) atoms. The van der Waals surface area contributed by atoms with Gasteiger partial charge in [-0.2, -0.15) is 0 Å². The summed E-state index contributed by atoms with van der Waals surface area (Å²) in [6.07, 6.45) is -85.2. The maximum absolute atomic E-state index is 12.3. The van der Waals surface area contributed by atoms with Gasteiger partial charge in [0.05, 0.1) is 52.9 Å². The van der Waals surface area contributed by atoms with Gasteiger partial charge in [-0.1, -0.05) is 0 Å². The van der Waals surface area contributed by atoms with E-state index in [2.05, 4.69) is 14.4 Å². The smallest absolute Gasteiger partial charge is 0.394 e. The van der Waals surface area contributed by atoms with E-state index in [4.69, 9.17) is 71.1 Å². The van der Waals surface area contributed by atoms with Crippen LogP contribution >= 0.6 is 15.6 Å². The molecule has 8 fully saturated rings. The van der Waals surface area contributed by atoms with E-state index in [1.807, 2.05) is 0 Å². The Morgan fingerprint density at radius 3 is 1.02 bits per heavy atom. The molecule has 1 unspecified atom stereocenters.